The molecular weight excluding hydrogens is 458 g/mol. The van der Waals surface area contributed by atoms with E-state index in [0.717, 1.165) is 39.0 Å². The lowest BCUT2D eigenvalue weighted by molar-refractivity contribution is -0.127. The Bertz CT molecular complexity index is 1580. The van der Waals surface area contributed by atoms with E-state index in [-0.39, 0.29) is 36.7 Å². The van der Waals surface area contributed by atoms with Crippen LogP contribution in [0.3, 0.4) is 0 Å². The summed E-state index contributed by atoms with van der Waals surface area (Å²) in [5, 5.41) is 6.26. The number of likely N-dealkylation sites (N-methyl/N-ethyl adjacent to an activating group) is 1. The standard InChI is InChI=1S/C27H23N5O4/c1-26-12-21(33)29-18-4-3-5-20(22(18)26)32(24(26)35)13-17-7-6-14-8-15-10-27(11-16(15)9-19(14)28-17)23(34)30-25(36)31(27)2/h3-9H,10-13H2,1-2H3,(H,29,33)(H,30,34,36)/t26?,27-/m1/s1. The molecule has 180 valence electrons. The van der Waals surface area contributed by atoms with Crippen LogP contribution in [-0.4, -0.2) is 46.2 Å². The summed E-state index contributed by atoms with van der Waals surface area (Å²) in [7, 11) is 1.66. The van der Waals surface area contributed by atoms with Crippen molar-refractivity contribution >= 4 is 46.0 Å². The molecule has 1 saturated heterocycles. The van der Waals surface area contributed by atoms with Gasteiger partial charge in [-0.15, -0.1) is 0 Å². The number of benzene rings is 2. The van der Waals surface area contributed by atoms with Crippen LogP contribution < -0.4 is 15.5 Å². The second-order valence-corrected chi connectivity index (χ2v) is 10.5. The van der Waals surface area contributed by atoms with Gasteiger partial charge >= 0.3 is 6.03 Å². The normalized spacial score (nSPS) is 26.1. The summed E-state index contributed by atoms with van der Waals surface area (Å²) in [5.74, 6) is -0.517. The number of hydrogen-bond donors (Lipinski definition) is 2. The van der Waals surface area contributed by atoms with Crippen LogP contribution in [0.1, 0.15) is 35.7 Å². The molecule has 1 unspecified atom stereocenters. The van der Waals surface area contributed by atoms with Crippen molar-refractivity contribution in [3.05, 3.63) is 64.8 Å². The van der Waals surface area contributed by atoms with Crippen molar-refractivity contribution in [3.8, 4) is 0 Å². The number of pyridine rings is 1. The van der Waals surface area contributed by atoms with Gasteiger partial charge in [-0.2, -0.15) is 0 Å². The summed E-state index contributed by atoms with van der Waals surface area (Å²) >= 11 is 0. The number of nitrogens with zero attached hydrogens (tertiary/aromatic N) is 3. The topological polar surface area (TPSA) is 112 Å². The van der Waals surface area contributed by atoms with Crippen LogP contribution in [0.25, 0.3) is 10.9 Å². The van der Waals surface area contributed by atoms with E-state index < -0.39 is 11.0 Å². The van der Waals surface area contributed by atoms with E-state index in [1.165, 1.54) is 4.90 Å². The monoisotopic (exact) mass is 481 g/mol. The van der Waals surface area contributed by atoms with Crippen LogP contribution in [0.15, 0.2) is 42.5 Å². The molecule has 1 aromatic heterocycles. The minimum absolute atomic E-state index is 0.0995. The van der Waals surface area contributed by atoms with E-state index in [1.807, 2.05) is 49.4 Å². The highest BCUT2D eigenvalue weighted by atomic mass is 16.2. The Morgan fingerprint density at radius 3 is 2.50 bits per heavy atom. The van der Waals surface area contributed by atoms with Crippen molar-refractivity contribution < 1.29 is 19.2 Å². The molecule has 0 bridgehead atoms. The van der Waals surface area contributed by atoms with E-state index in [4.69, 9.17) is 4.98 Å². The van der Waals surface area contributed by atoms with Gasteiger partial charge in [-0.05, 0) is 48.4 Å². The van der Waals surface area contributed by atoms with Crippen LogP contribution in [0.5, 0.6) is 0 Å². The summed E-state index contributed by atoms with van der Waals surface area (Å²) in [4.78, 5) is 58.6. The summed E-state index contributed by atoms with van der Waals surface area (Å²) in [5.41, 5.74) is 4.14. The number of fused-ring (bicyclic) bond motifs is 2. The molecule has 2 atom stereocenters. The maximum Gasteiger partial charge on any atom is 0.324 e. The Hall–Kier alpha value is -4.27. The van der Waals surface area contributed by atoms with E-state index in [0.29, 0.717) is 18.5 Å². The van der Waals surface area contributed by atoms with Crippen molar-refractivity contribution in [2.45, 2.75) is 43.7 Å². The minimum Gasteiger partial charge on any atom is -0.326 e. The van der Waals surface area contributed by atoms with Gasteiger partial charge in [-0.3, -0.25) is 24.7 Å². The van der Waals surface area contributed by atoms with Crippen LogP contribution in [-0.2, 0) is 39.2 Å². The van der Waals surface area contributed by atoms with Gasteiger partial charge in [-0.25, -0.2) is 4.79 Å². The average molecular weight is 482 g/mol. The molecule has 9 nitrogen and oxygen atoms in total. The fourth-order valence-corrected chi connectivity index (χ4v) is 6.42. The van der Waals surface area contributed by atoms with Crippen molar-refractivity contribution in [3.63, 3.8) is 0 Å². The number of anilines is 2. The molecule has 7 rings (SSSR count). The highest BCUT2D eigenvalue weighted by molar-refractivity contribution is 6.15. The van der Waals surface area contributed by atoms with Crippen LogP contribution in [0, 0.1) is 0 Å². The average Bonchev–Trinajstić information content (AvgIpc) is 3.39. The zero-order chi connectivity index (χ0) is 25.0. The molecule has 9 heteroatoms. The van der Waals surface area contributed by atoms with Gasteiger partial charge in [0.15, 0.2) is 0 Å². The first-order valence-corrected chi connectivity index (χ1v) is 12.0. The molecule has 3 aliphatic heterocycles. The number of rotatable bonds is 2. The zero-order valence-corrected chi connectivity index (χ0v) is 19.8. The fraction of sp³-hybridized carbons (Fsp3) is 0.296. The third-order valence-electron chi connectivity index (χ3n) is 8.33. The number of carbonyl (C=O) groups excluding carboxylic acids is 4. The number of imide groups is 1. The molecule has 3 aromatic rings. The molecule has 0 radical (unpaired) electrons. The molecule has 4 aliphatic rings. The fourth-order valence-electron chi connectivity index (χ4n) is 6.42. The lowest BCUT2D eigenvalue weighted by Gasteiger charge is -2.29. The van der Waals surface area contributed by atoms with Crippen molar-refractivity contribution in [2.24, 2.45) is 0 Å². The number of amides is 5. The van der Waals surface area contributed by atoms with E-state index in [2.05, 4.69) is 10.6 Å². The van der Waals surface area contributed by atoms with Crippen molar-refractivity contribution in [1.29, 1.82) is 0 Å². The molecule has 1 spiro atoms. The Labute approximate surface area is 206 Å². The van der Waals surface area contributed by atoms with E-state index in [1.54, 1.807) is 11.9 Å². The molecule has 36 heavy (non-hydrogen) atoms. The summed E-state index contributed by atoms with van der Waals surface area (Å²) in [6.45, 7) is 2.12. The molecular formula is C27H23N5O4. The number of carbonyl (C=O) groups is 4. The zero-order valence-electron chi connectivity index (χ0n) is 19.8. The van der Waals surface area contributed by atoms with Gasteiger partial charge < -0.3 is 15.1 Å². The maximum atomic E-state index is 13.5. The van der Waals surface area contributed by atoms with E-state index >= 15 is 0 Å². The Morgan fingerprint density at radius 2 is 1.75 bits per heavy atom. The van der Waals surface area contributed by atoms with Crippen molar-refractivity contribution in [2.75, 3.05) is 17.3 Å². The summed E-state index contributed by atoms with van der Waals surface area (Å²) in [6.07, 6.45) is 1.04. The Kier molecular flexibility index (Phi) is 3.91. The Morgan fingerprint density at radius 1 is 0.972 bits per heavy atom. The Balaban J connectivity index is 1.24. The third kappa shape index (κ3) is 2.57. The third-order valence-corrected chi connectivity index (χ3v) is 8.33. The highest BCUT2D eigenvalue weighted by Crippen LogP contribution is 2.50. The van der Waals surface area contributed by atoms with Gasteiger partial charge in [0.1, 0.15) is 5.54 Å². The second kappa shape index (κ2) is 6.69. The van der Waals surface area contributed by atoms with Gasteiger partial charge in [0.25, 0.3) is 5.91 Å². The maximum absolute atomic E-state index is 13.5. The van der Waals surface area contributed by atoms with Crippen LogP contribution in [0.4, 0.5) is 16.2 Å². The molecule has 5 amide bonds. The first kappa shape index (κ1) is 21.0. The number of nitrogens with one attached hydrogen (secondary N) is 2. The summed E-state index contributed by atoms with van der Waals surface area (Å²) in [6, 6.07) is 13.1. The van der Waals surface area contributed by atoms with Crippen molar-refractivity contribution in [1.82, 2.24) is 15.2 Å². The molecule has 1 aliphatic carbocycles. The van der Waals surface area contributed by atoms with Crippen LogP contribution in [0.2, 0.25) is 0 Å². The number of hydrogen-bond acceptors (Lipinski definition) is 5. The molecule has 0 saturated carbocycles. The highest BCUT2D eigenvalue weighted by Gasteiger charge is 2.54. The largest absolute Gasteiger partial charge is 0.326 e. The smallest absolute Gasteiger partial charge is 0.324 e. The SMILES string of the molecule is CN1C(=O)NC(=O)[C@]12Cc1cc3ccc(CN4C(=O)C5(C)CC(=O)Nc6cccc4c65)nc3cc1C2. The van der Waals surface area contributed by atoms with Gasteiger partial charge in [0.2, 0.25) is 11.8 Å². The molecule has 4 heterocycles. The summed E-state index contributed by atoms with van der Waals surface area (Å²) < 4.78 is 0. The predicted octanol–water partition coefficient (Wildman–Crippen LogP) is 2.40. The second-order valence-electron chi connectivity index (χ2n) is 10.5. The number of urea groups is 1. The predicted molar refractivity (Wildman–Crippen MR) is 131 cm³/mol. The lowest BCUT2D eigenvalue weighted by atomic mass is 9.77. The van der Waals surface area contributed by atoms with Gasteiger partial charge in [0.05, 0.1) is 28.9 Å². The molecule has 1 fully saturated rings. The first-order valence-electron chi connectivity index (χ1n) is 12.0. The molecule has 2 aromatic carbocycles. The van der Waals surface area contributed by atoms with E-state index in [9.17, 15) is 19.2 Å². The quantitative estimate of drug-likeness (QED) is 0.546. The first-order chi connectivity index (χ1) is 17.2. The number of aromatic nitrogens is 1. The lowest BCUT2D eigenvalue weighted by Crippen LogP contribution is -2.48. The van der Waals surface area contributed by atoms with Gasteiger partial charge in [-0.1, -0.05) is 12.1 Å². The molecule has 2 N–H and O–H groups in total. The van der Waals surface area contributed by atoms with Crippen LogP contribution >= 0.6 is 0 Å². The van der Waals surface area contributed by atoms with Gasteiger partial charge in [0, 0.05) is 42.9 Å². The minimum atomic E-state index is -0.884.